The van der Waals surface area contributed by atoms with Crippen molar-refractivity contribution in [2.75, 3.05) is 33.4 Å². The topological polar surface area (TPSA) is 55.3 Å². The molecule has 0 spiro atoms. The van der Waals surface area contributed by atoms with Gasteiger partial charge in [-0.15, -0.1) is 0 Å². The van der Waals surface area contributed by atoms with Crippen molar-refractivity contribution in [1.82, 2.24) is 10.2 Å². The molecule has 3 rings (SSSR count). The van der Waals surface area contributed by atoms with Crippen molar-refractivity contribution in [2.24, 2.45) is 10.9 Å². The van der Waals surface area contributed by atoms with Crippen LogP contribution in [0.15, 0.2) is 53.5 Å². The van der Waals surface area contributed by atoms with Gasteiger partial charge in [0.05, 0.1) is 26.9 Å². The normalized spacial score (nSPS) is 16.5. The molecule has 0 amide bonds. The molecule has 0 saturated carbocycles. The molecular weight excluding hydrogens is 416 g/mol. The molecular formula is C24H31F2N3O3. The standard InChI is InChI=1S/C24H31F2N3O3/c1-3-27-24(28-14-19-9-10-21(30-2)22(13-19)32-23(25)26)29-12-11-20(15-29)17-31-16-18-7-5-4-6-8-18/h4-10,13,20,23H,3,11-12,14-17H2,1-2H3,(H,27,28). The number of nitrogens with one attached hydrogen (secondary N) is 1. The van der Waals surface area contributed by atoms with Crippen LogP contribution in [0.2, 0.25) is 0 Å². The summed E-state index contributed by atoms with van der Waals surface area (Å²) in [4.78, 5) is 6.93. The molecule has 1 N–H and O–H groups in total. The Balaban J connectivity index is 1.56. The van der Waals surface area contributed by atoms with E-state index in [9.17, 15) is 8.78 Å². The maximum Gasteiger partial charge on any atom is 0.387 e. The summed E-state index contributed by atoms with van der Waals surface area (Å²) in [5.41, 5.74) is 1.94. The van der Waals surface area contributed by atoms with Gasteiger partial charge in [0.25, 0.3) is 0 Å². The Morgan fingerprint density at radius 2 is 1.97 bits per heavy atom. The van der Waals surface area contributed by atoms with Gasteiger partial charge in [0.15, 0.2) is 17.5 Å². The Morgan fingerprint density at radius 3 is 2.69 bits per heavy atom. The number of aliphatic imine (C=N–C) groups is 1. The lowest BCUT2D eigenvalue weighted by molar-refractivity contribution is -0.0512. The lowest BCUT2D eigenvalue weighted by Gasteiger charge is -2.22. The van der Waals surface area contributed by atoms with Gasteiger partial charge in [-0.2, -0.15) is 8.78 Å². The van der Waals surface area contributed by atoms with Crippen LogP contribution in [0.1, 0.15) is 24.5 Å². The Hall–Kier alpha value is -2.87. The number of nitrogens with zero attached hydrogens (tertiary/aromatic N) is 2. The second-order valence-corrected chi connectivity index (χ2v) is 7.64. The number of likely N-dealkylation sites (tertiary alicyclic amines) is 1. The van der Waals surface area contributed by atoms with Crippen LogP contribution in [0.5, 0.6) is 11.5 Å². The third-order valence-corrected chi connectivity index (χ3v) is 5.24. The van der Waals surface area contributed by atoms with E-state index in [1.54, 1.807) is 18.2 Å². The molecule has 1 atom stereocenters. The number of rotatable bonds is 10. The van der Waals surface area contributed by atoms with Crippen LogP contribution in [-0.4, -0.2) is 50.8 Å². The molecule has 1 aliphatic heterocycles. The maximum atomic E-state index is 12.7. The van der Waals surface area contributed by atoms with Gasteiger partial charge in [0.1, 0.15) is 0 Å². The van der Waals surface area contributed by atoms with Gasteiger partial charge in [0.2, 0.25) is 0 Å². The van der Waals surface area contributed by atoms with Gasteiger partial charge in [-0.3, -0.25) is 0 Å². The molecule has 1 heterocycles. The molecule has 1 fully saturated rings. The van der Waals surface area contributed by atoms with Gasteiger partial charge in [-0.1, -0.05) is 36.4 Å². The fourth-order valence-electron chi connectivity index (χ4n) is 3.68. The van der Waals surface area contributed by atoms with Gasteiger partial charge in [-0.05, 0) is 36.6 Å². The summed E-state index contributed by atoms with van der Waals surface area (Å²) in [7, 11) is 1.42. The number of benzene rings is 2. The minimum atomic E-state index is -2.91. The third-order valence-electron chi connectivity index (χ3n) is 5.24. The second kappa shape index (κ2) is 12.2. The Morgan fingerprint density at radius 1 is 1.16 bits per heavy atom. The van der Waals surface area contributed by atoms with Crippen molar-refractivity contribution < 1.29 is 23.0 Å². The highest BCUT2D eigenvalue weighted by Crippen LogP contribution is 2.29. The average molecular weight is 448 g/mol. The maximum absolute atomic E-state index is 12.7. The van der Waals surface area contributed by atoms with Gasteiger partial charge in [-0.25, -0.2) is 4.99 Å². The van der Waals surface area contributed by atoms with E-state index in [1.165, 1.54) is 12.7 Å². The summed E-state index contributed by atoms with van der Waals surface area (Å²) in [6.45, 7) is 3.28. The fourth-order valence-corrected chi connectivity index (χ4v) is 3.68. The molecule has 0 aromatic heterocycles. The highest BCUT2D eigenvalue weighted by molar-refractivity contribution is 5.80. The Bertz CT molecular complexity index is 865. The van der Waals surface area contributed by atoms with Crippen molar-refractivity contribution in [2.45, 2.75) is 33.1 Å². The van der Waals surface area contributed by atoms with Crippen LogP contribution in [0, 0.1) is 5.92 Å². The third kappa shape index (κ3) is 7.09. The van der Waals surface area contributed by atoms with E-state index in [2.05, 4.69) is 27.1 Å². The molecule has 6 nitrogen and oxygen atoms in total. The van der Waals surface area contributed by atoms with Crippen LogP contribution >= 0.6 is 0 Å². The quantitative estimate of drug-likeness (QED) is 0.435. The zero-order valence-electron chi connectivity index (χ0n) is 18.6. The Kier molecular flexibility index (Phi) is 9.10. The monoisotopic (exact) mass is 447 g/mol. The van der Waals surface area contributed by atoms with E-state index in [0.717, 1.165) is 37.6 Å². The van der Waals surface area contributed by atoms with Gasteiger partial charge >= 0.3 is 6.61 Å². The van der Waals surface area contributed by atoms with Crippen LogP contribution in [0.4, 0.5) is 8.78 Å². The van der Waals surface area contributed by atoms with Crippen molar-refractivity contribution >= 4 is 5.96 Å². The van der Waals surface area contributed by atoms with Crippen molar-refractivity contribution in [3.63, 3.8) is 0 Å². The first-order chi connectivity index (χ1) is 15.6. The van der Waals surface area contributed by atoms with Crippen LogP contribution in [-0.2, 0) is 17.9 Å². The summed E-state index contributed by atoms with van der Waals surface area (Å²) in [5, 5.41) is 3.33. The molecule has 0 bridgehead atoms. The van der Waals surface area contributed by atoms with E-state index >= 15 is 0 Å². The number of hydrogen-bond donors (Lipinski definition) is 1. The van der Waals surface area contributed by atoms with E-state index < -0.39 is 6.61 Å². The summed E-state index contributed by atoms with van der Waals surface area (Å²) < 4.78 is 40.9. The largest absolute Gasteiger partial charge is 0.493 e. The average Bonchev–Trinajstić information content (AvgIpc) is 3.26. The van der Waals surface area contributed by atoms with Crippen LogP contribution in [0.25, 0.3) is 0 Å². The van der Waals surface area contributed by atoms with Gasteiger partial charge < -0.3 is 24.4 Å². The number of ether oxygens (including phenoxy) is 3. The summed E-state index contributed by atoms with van der Waals surface area (Å²) in [6, 6.07) is 15.1. The molecule has 32 heavy (non-hydrogen) atoms. The Labute approximate surface area is 188 Å². The summed E-state index contributed by atoms with van der Waals surface area (Å²) in [6.07, 6.45) is 1.04. The minimum absolute atomic E-state index is 0.0111. The highest BCUT2D eigenvalue weighted by atomic mass is 19.3. The number of guanidine groups is 1. The van der Waals surface area contributed by atoms with E-state index in [-0.39, 0.29) is 11.5 Å². The van der Waals surface area contributed by atoms with Gasteiger partial charge in [0, 0.05) is 25.6 Å². The molecule has 2 aromatic rings. The zero-order chi connectivity index (χ0) is 22.8. The minimum Gasteiger partial charge on any atom is -0.493 e. The first-order valence-electron chi connectivity index (χ1n) is 10.9. The summed E-state index contributed by atoms with van der Waals surface area (Å²) in [5.74, 6) is 1.53. The first-order valence-corrected chi connectivity index (χ1v) is 10.9. The molecule has 1 aliphatic rings. The number of hydrogen-bond acceptors (Lipinski definition) is 4. The van der Waals surface area contributed by atoms with Crippen molar-refractivity contribution in [3.8, 4) is 11.5 Å². The van der Waals surface area contributed by atoms with Crippen molar-refractivity contribution in [3.05, 3.63) is 59.7 Å². The molecule has 2 aromatic carbocycles. The lowest BCUT2D eigenvalue weighted by Crippen LogP contribution is -2.40. The van der Waals surface area contributed by atoms with Crippen LogP contribution < -0.4 is 14.8 Å². The molecule has 1 saturated heterocycles. The highest BCUT2D eigenvalue weighted by Gasteiger charge is 2.25. The predicted molar refractivity (Wildman–Crippen MR) is 120 cm³/mol. The molecule has 1 unspecified atom stereocenters. The van der Waals surface area contributed by atoms with E-state index in [1.807, 2.05) is 25.1 Å². The SMILES string of the molecule is CCNC(=NCc1ccc(OC)c(OC(F)F)c1)N1CCC(COCc2ccccc2)C1. The first kappa shape index (κ1) is 23.8. The number of alkyl halides is 2. The molecule has 8 heteroatoms. The molecule has 0 radical (unpaired) electrons. The lowest BCUT2D eigenvalue weighted by atomic mass is 10.1. The second-order valence-electron chi connectivity index (χ2n) is 7.64. The smallest absolute Gasteiger partial charge is 0.387 e. The molecule has 0 aliphatic carbocycles. The van der Waals surface area contributed by atoms with E-state index in [0.29, 0.717) is 25.7 Å². The number of halogens is 2. The fraction of sp³-hybridized carbons (Fsp3) is 0.458. The van der Waals surface area contributed by atoms with E-state index in [4.69, 9.17) is 14.5 Å². The predicted octanol–water partition coefficient (Wildman–Crippen LogP) is 4.30. The van der Waals surface area contributed by atoms with Crippen LogP contribution in [0.3, 0.4) is 0 Å². The summed E-state index contributed by atoms with van der Waals surface area (Å²) >= 11 is 0. The number of methoxy groups -OCH3 is 1. The van der Waals surface area contributed by atoms with Crippen molar-refractivity contribution in [1.29, 1.82) is 0 Å². The molecule has 174 valence electrons. The zero-order valence-corrected chi connectivity index (χ0v) is 18.6.